The van der Waals surface area contributed by atoms with Crippen molar-refractivity contribution in [1.29, 1.82) is 0 Å². The normalized spacial score (nSPS) is 12.7. The van der Waals surface area contributed by atoms with Crippen LogP contribution in [-0.2, 0) is 5.41 Å². The Morgan fingerprint density at radius 3 is 1.53 bits per heavy atom. The lowest BCUT2D eigenvalue weighted by Crippen LogP contribution is -2.14. The highest BCUT2D eigenvalue weighted by Crippen LogP contribution is 2.50. The third kappa shape index (κ3) is 5.46. The smallest absolute Gasteiger partial charge is 0.160 e. The Morgan fingerprint density at radius 2 is 0.824 bits per heavy atom. The summed E-state index contributed by atoms with van der Waals surface area (Å²) in [6.07, 6.45) is 0. The van der Waals surface area contributed by atoms with Crippen molar-refractivity contribution in [2.24, 2.45) is 0 Å². The first kappa shape index (κ1) is 30.7. The first-order chi connectivity index (χ1) is 25.0. The van der Waals surface area contributed by atoms with E-state index in [1.165, 1.54) is 50.1 Å². The first-order valence-corrected chi connectivity index (χ1v) is 17.6. The predicted octanol–water partition coefficient (Wildman–Crippen LogP) is 12.8. The van der Waals surface area contributed by atoms with Crippen molar-refractivity contribution in [1.82, 2.24) is 9.97 Å². The molecule has 8 aromatic rings. The van der Waals surface area contributed by atoms with Gasteiger partial charge in [-0.25, -0.2) is 9.97 Å². The van der Waals surface area contributed by atoms with Gasteiger partial charge in [-0.1, -0.05) is 178 Å². The number of hydrogen-bond donors (Lipinski definition) is 0. The van der Waals surface area contributed by atoms with E-state index in [2.05, 4.69) is 172 Å². The summed E-state index contributed by atoms with van der Waals surface area (Å²) in [7, 11) is 0. The second-order valence-corrected chi connectivity index (χ2v) is 13.8. The van der Waals surface area contributed by atoms with Crippen LogP contribution in [0.5, 0.6) is 0 Å². The van der Waals surface area contributed by atoms with Crippen LogP contribution in [0.4, 0.5) is 0 Å². The lowest BCUT2D eigenvalue weighted by Gasteiger charge is -2.22. The van der Waals surface area contributed by atoms with E-state index in [1.54, 1.807) is 0 Å². The summed E-state index contributed by atoms with van der Waals surface area (Å²) in [6, 6.07) is 64.9. The van der Waals surface area contributed by atoms with Crippen LogP contribution in [0, 0.1) is 0 Å². The zero-order valence-electron chi connectivity index (χ0n) is 28.7. The zero-order chi connectivity index (χ0) is 34.4. The molecule has 2 nitrogen and oxygen atoms in total. The van der Waals surface area contributed by atoms with Gasteiger partial charge in [-0.05, 0) is 73.8 Å². The molecule has 0 saturated carbocycles. The van der Waals surface area contributed by atoms with Gasteiger partial charge in [0.1, 0.15) is 0 Å². The molecule has 0 bridgehead atoms. The molecule has 0 aliphatic heterocycles. The standard InChI is InChI=1S/C49H36N2/c1-49(2)43-27-13-12-24-41(43)42-31-37(28-29-44(42)49)40-26-15-25-39(47(40)34-18-8-4-9-19-34)36-22-14-23-38(30-36)46-32-45(33-16-6-3-7-17-33)50-48(51-46)35-20-10-5-11-21-35/h3-32H,1-2H3. The minimum atomic E-state index is -0.0310. The largest absolute Gasteiger partial charge is 0.228 e. The molecule has 0 unspecified atom stereocenters. The average molecular weight is 653 g/mol. The van der Waals surface area contributed by atoms with E-state index in [9.17, 15) is 0 Å². The molecule has 51 heavy (non-hydrogen) atoms. The van der Waals surface area contributed by atoms with Gasteiger partial charge < -0.3 is 0 Å². The monoisotopic (exact) mass is 652 g/mol. The van der Waals surface area contributed by atoms with Crippen LogP contribution in [-0.4, -0.2) is 9.97 Å². The van der Waals surface area contributed by atoms with Crippen LogP contribution in [0.1, 0.15) is 25.0 Å². The second-order valence-electron chi connectivity index (χ2n) is 13.8. The summed E-state index contributed by atoms with van der Waals surface area (Å²) >= 11 is 0. The quantitative estimate of drug-likeness (QED) is 0.179. The number of hydrogen-bond acceptors (Lipinski definition) is 2. The molecule has 1 aliphatic rings. The lowest BCUT2D eigenvalue weighted by molar-refractivity contribution is 0.660. The number of benzene rings is 7. The Hall–Kier alpha value is -6.38. The fraction of sp³-hybridized carbons (Fsp3) is 0.0612. The van der Waals surface area contributed by atoms with Crippen molar-refractivity contribution in [2.45, 2.75) is 19.3 Å². The molecule has 1 aliphatic carbocycles. The summed E-state index contributed by atoms with van der Waals surface area (Å²) in [6.45, 7) is 4.67. The number of fused-ring (bicyclic) bond motifs is 3. The van der Waals surface area contributed by atoms with Gasteiger partial charge >= 0.3 is 0 Å². The van der Waals surface area contributed by atoms with Gasteiger partial charge in [-0.15, -0.1) is 0 Å². The summed E-state index contributed by atoms with van der Waals surface area (Å²) in [5, 5.41) is 0. The van der Waals surface area contributed by atoms with Gasteiger partial charge in [0.25, 0.3) is 0 Å². The number of nitrogens with zero attached hydrogens (tertiary/aromatic N) is 2. The summed E-state index contributed by atoms with van der Waals surface area (Å²) < 4.78 is 0. The van der Waals surface area contributed by atoms with E-state index < -0.39 is 0 Å². The molecule has 0 spiro atoms. The molecule has 0 N–H and O–H groups in total. The van der Waals surface area contributed by atoms with Crippen molar-refractivity contribution in [3.63, 3.8) is 0 Å². The van der Waals surface area contributed by atoms with E-state index in [1.807, 2.05) is 24.3 Å². The molecule has 0 fully saturated rings. The van der Waals surface area contributed by atoms with Crippen LogP contribution >= 0.6 is 0 Å². The molecule has 2 heteroatoms. The molecule has 9 rings (SSSR count). The molecular formula is C49H36N2. The van der Waals surface area contributed by atoms with E-state index in [4.69, 9.17) is 9.97 Å². The highest BCUT2D eigenvalue weighted by molar-refractivity contribution is 5.96. The van der Waals surface area contributed by atoms with Crippen molar-refractivity contribution in [3.05, 3.63) is 193 Å². The molecule has 1 heterocycles. The minimum Gasteiger partial charge on any atom is -0.228 e. The Bertz CT molecular complexity index is 2480. The molecule has 0 atom stereocenters. The highest BCUT2D eigenvalue weighted by atomic mass is 14.9. The third-order valence-electron chi connectivity index (χ3n) is 10.3. The third-order valence-corrected chi connectivity index (χ3v) is 10.3. The van der Waals surface area contributed by atoms with Gasteiger partial charge in [-0.2, -0.15) is 0 Å². The maximum Gasteiger partial charge on any atom is 0.160 e. The summed E-state index contributed by atoms with van der Waals surface area (Å²) in [5.74, 6) is 0.714. The second kappa shape index (κ2) is 12.5. The Balaban J connectivity index is 1.21. The van der Waals surface area contributed by atoms with Crippen molar-refractivity contribution >= 4 is 0 Å². The average Bonchev–Trinajstić information content (AvgIpc) is 3.44. The molecule has 7 aromatic carbocycles. The highest BCUT2D eigenvalue weighted by Gasteiger charge is 2.35. The van der Waals surface area contributed by atoms with Gasteiger partial charge in [0.05, 0.1) is 11.4 Å². The summed E-state index contributed by atoms with van der Waals surface area (Å²) in [4.78, 5) is 10.1. The SMILES string of the molecule is CC1(C)c2ccccc2-c2cc(-c3cccc(-c4cccc(-c5cc(-c6ccccc6)nc(-c6ccccc6)n5)c4)c3-c3ccccc3)ccc21. The Morgan fingerprint density at radius 1 is 0.333 bits per heavy atom. The topological polar surface area (TPSA) is 25.8 Å². The maximum absolute atomic E-state index is 5.13. The van der Waals surface area contributed by atoms with Crippen LogP contribution in [0.3, 0.4) is 0 Å². The molecule has 0 amide bonds. The fourth-order valence-electron chi connectivity index (χ4n) is 7.75. The Kier molecular flexibility index (Phi) is 7.51. The van der Waals surface area contributed by atoms with Gasteiger partial charge in [-0.3, -0.25) is 0 Å². The lowest BCUT2D eigenvalue weighted by atomic mass is 9.81. The number of aromatic nitrogens is 2. The van der Waals surface area contributed by atoms with E-state index in [0.29, 0.717) is 5.82 Å². The van der Waals surface area contributed by atoms with Crippen LogP contribution in [0.2, 0.25) is 0 Å². The van der Waals surface area contributed by atoms with Crippen LogP contribution < -0.4 is 0 Å². The maximum atomic E-state index is 5.13. The van der Waals surface area contributed by atoms with Gasteiger partial charge in [0.15, 0.2) is 5.82 Å². The fourth-order valence-corrected chi connectivity index (χ4v) is 7.75. The van der Waals surface area contributed by atoms with Crippen LogP contribution in [0.15, 0.2) is 182 Å². The molecular weight excluding hydrogens is 617 g/mol. The summed E-state index contributed by atoms with van der Waals surface area (Å²) in [5.41, 5.74) is 17.5. The van der Waals surface area contributed by atoms with Gasteiger partial charge in [0.2, 0.25) is 0 Å². The molecule has 0 saturated heterocycles. The minimum absolute atomic E-state index is 0.0310. The zero-order valence-corrected chi connectivity index (χ0v) is 28.7. The van der Waals surface area contributed by atoms with E-state index >= 15 is 0 Å². The van der Waals surface area contributed by atoms with Gasteiger partial charge in [0, 0.05) is 22.1 Å². The number of rotatable bonds is 6. The van der Waals surface area contributed by atoms with Crippen molar-refractivity contribution in [2.75, 3.05) is 0 Å². The Labute approximate surface area is 299 Å². The first-order valence-electron chi connectivity index (χ1n) is 17.6. The molecule has 1 aromatic heterocycles. The van der Waals surface area contributed by atoms with E-state index in [-0.39, 0.29) is 5.41 Å². The van der Waals surface area contributed by atoms with Crippen LogP contribution in [0.25, 0.3) is 78.4 Å². The van der Waals surface area contributed by atoms with Crippen molar-refractivity contribution in [3.8, 4) is 78.4 Å². The predicted molar refractivity (Wildman–Crippen MR) is 212 cm³/mol. The van der Waals surface area contributed by atoms with E-state index in [0.717, 1.165) is 33.6 Å². The molecule has 0 radical (unpaired) electrons. The molecule has 242 valence electrons. The van der Waals surface area contributed by atoms with Crippen molar-refractivity contribution < 1.29 is 0 Å².